The van der Waals surface area contributed by atoms with E-state index in [4.69, 9.17) is 0 Å². The van der Waals surface area contributed by atoms with Gasteiger partial charge in [-0.3, -0.25) is 14.3 Å². The number of piperidine rings is 1. The lowest BCUT2D eigenvalue weighted by Gasteiger charge is -2.37. The molecule has 2 saturated heterocycles. The van der Waals surface area contributed by atoms with Gasteiger partial charge in [-0.05, 0) is 44.7 Å². The molecule has 4 rings (SSSR count). The highest BCUT2D eigenvalue weighted by molar-refractivity contribution is 5.81. The molecule has 0 bridgehead atoms. The summed E-state index contributed by atoms with van der Waals surface area (Å²) in [7, 11) is 0. The molecule has 6 nitrogen and oxygen atoms in total. The van der Waals surface area contributed by atoms with Crippen molar-refractivity contribution >= 4 is 16.9 Å². The number of nitrogens with one attached hydrogen (secondary N) is 1. The number of nitrogens with zero attached hydrogens (tertiary/aromatic N) is 3. The molecular weight excluding hydrogens is 316 g/mol. The third-order valence-corrected chi connectivity index (χ3v) is 5.81. The van der Waals surface area contributed by atoms with Crippen LogP contribution in [0, 0.1) is 0 Å². The van der Waals surface area contributed by atoms with Crippen LogP contribution in [-0.4, -0.2) is 57.5 Å². The Kier molecular flexibility index (Phi) is 4.37. The van der Waals surface area contributed by atoms with E-state index in [1.807, 2.05) is 40.7 Å². The number of benzene rings is 1. The molecule has 0 aliphatic carbocycles. The molecule has 2 fully saturated rings. The number of para-hydroxylation sites is 2. The SMILES string of the molecule is C[C@@H](C(=O)N1CCCC1)N1CCC(n2c(=O)[nH]c3ccccc32)CC1. The van der Waals surface area contributed by atoms with E-state index in [2.05, 4.69) is 9.88 Å². The van der Waals surface area contributed by atoms with Crippen LogP contribution in [0.15, 0.2) is 29.1 Å². The zero-order valence-corrected chi connectivity index (χ0v) is 14.8. The van der Waals surface area contributed by atoms with Gasteiger partial charge in [-0.1, -0.05) is 12.1 Å². The molecule has 0 radical (unpaired) electrons. The highest BCUT2D eigenvalue weighted by Crippen LogP contribution is 2.26. The zero-order valence-electron chi connectivity index (χ0n) is 14.8. The second-order valence-electron chi connectivity index (χ2n) is 7.29. The lowest BCUT2D eigenvalue weighted by Crippen LogP contribution is -2.49. The number of rotatable bonds is 3. The number of likely N-dealkylation sites (tertiary alicyclic amines) is 2. The van der Waals surface area contributed by atoms with Crippen molar-refractivity contribution in [3.63, 3.8) is 0 Å². The molecule has 0 unspecified atom stereocenters. The highest BCUT2D eigenvalue weighted by atomic mass is 16.2. The van der Waals surface area contributed by atoms with Crippen molar-refractivity contribution in [1.29, 1.82) is 0 Å². The Morgan fingerprint density at radius 2 is 1.80 bits per heavy atom. The van der Waals surface area contributed by atoms with Crippen molar-refractivity contribution in [2.75, 3.05) is 26.2 Å². The first-order chi connectivity index (χ1) is 12.1. The molecule has 25 heavy (non-hydrogen) atoms. The van der Waals surface area contributed by atoms with Crippen LogP contribution in [-0.2, 0) is 4.79 Å². The van der Waals surface area contributed by atoms with Crippen molar-refractivity contribution in [3.8, 4) is 0 Å². The Morgan fingerprint density at radius 3 is 2.52 bits per heavy atom. The lowest BCUT2D eigenvalue weighted by molar-refractivity contribution is -0.135. The molecule has 2 aliphatic rings. The van der Waals surface area contributed by atoms with E-state index >= 15 is 0 Å². The fourth-order valence-corrected chi connectivity index (χ4v) is 4.33. The number of carbonyl (C=O) groups excluding carboxylic acids is 1. The molecule has 1 atom stereocenters. The van der Waals surface area contributed by atoms with E-state index in [9.17, 15) is 9.59 Å². The molecule has 3 heterocycles. The summed E-state index contributed by atoms with van der Waals surface area (Å²) in [6.07, 6.45) is 4.06. The average Bonchev–Trinajstić information content (AvgIpc) is 3.27. The summed E-state index contributed by atoms with van der Waals surface area (Å²) in [6, 6.07) is 8.00. The van der Waals surface area contributed by atoms with Crippen molar-refractivity contribution in [2.24, 2.45) is 0 Å². The van der Waals surface area contributed by atoms with E-state index < -0.39 is 0 Å². The zero-order chi connectivity index (χ0) is 17.4. The van der Waals surface area contributed by atoms with E-state index in [0.29, 0.717) is 0 Å². The molecule has 1 amide bonds. The normalized spacial score (nSPS) is 21.1. The second-order valence-corrected chi connectivity index (χ2v) is 7.29. The first kappa shape index (κ1) is 16.4. The maximum absolute atomic E-state index is 12.6. The summed E-state index contributed by atoms with van der Waals surface area (Å²) in [4.78, 5) is 32.2. The highest BCUT2D eigenvalue weighted by Gasteiger charge is 2.31. The number of amides is 1. The number of aromatic nitrogens is 2. The van der Waals surface area contributed by atoms with Gasteiger partial charge in [-0.2, -0.15) is 0 Å². The van der Waals surface area contributed by atoms with E-state index in [0.717, 1.165) is 62.9 Å². The van der Waals surface area contributed by atoms with E-state index in [1.165, 1.54) is 0 Å². The quantitative estimate of drug-likeness (QED) is 0.928. The summed E-state index contributed by atoms with van der Waals surface area (Å²) in [6.45, 7) is 5.56. The number of carbonyl (C=O) groups is 1. The van der Waals surface area contributed by atoms with Crippen LogP contribution in [0.1, 0.15) is 38.6 Å². The molecule has 1 aromatic heterocycles. The first-order valence-corrected chi connectivity index (χ1v) is 9.37. The Morgan fingerprint density at radius 1 is 1.12 bits per heavy atom. The van der Waals surface area contributed by atoms with Crippen LogP contribution in [0.5, 0.6) is 0 Å². The predicted octanol–water partition coefficient (Wildman–Crippen LogP) is 1.98. The third kappa shape index (κ3) is 2.99. The minimum absolute atomic E-state index is 0.0270. The molecule has 134 valence electrons. The Hall–Kier alpha value is -2.08. The average molecular weight is 342 g/mol. The summed E-state index contributed by atoms with van der Waals surface area (Å²) in [5.74, 6) is 0.264. The minimum Gasteiger partial charge on any atom is -0.341 e. The van der Waals surface area contributed by atoms with Gasteiger partial charge in [0.2, 0.25) is 5.91 Å². The van der Waals surface area contributed by atoms with Crippen molar-refractivity contribution in [2.45, 2.75) is 44.7 Å². The maximum Gasteiger partial charge on any atom is 0.326 e. The number of aromatic amines is 1. The molecule has 6 heteroatoms. The van der Waals surface area contributed by atoms with Crippen molar-refractivity contribution < 1.29 is 4.79 Å². The molecule has 0 saturated carbocycles. The lowest BCUT2D eigenvalue weighted by atomic mass is 10.0. The topological polar surface area (TPSA) is 61.3 Å². The number of H-pyrrole nitrogens is 1. The van der Waals surface area contributed by atoms with Gasteiger partial charge in [0.05, 0.1) is 17.1 Å². The van der Waals surface area contributed by atoms with Gasteiger partial charge in [0.15, 0.2) is 0 Å². The molecule has 2 aromatic rings. The van der Waals surface area contributed by atoms with Crippen LogP contribution in [0.2, 0.25) is 0 Å². The third-order valence-electron chi connectivity index (χ3n) is 5.81. The number of fused-ring (bicyclic) bond motifs is 1. The Balaban J connectivity index is 1.45. The maximum atomic E-state index is 12.6. The molecule has 2 aliphatic heterocycles. The van der Waals surface area contributed by atoms with Crippen LogP contribution < -0.4 is 5.69 Å². The van der Waals surface area contributed by atoms with Crippen molar-refractivity contribution in [1.82, 2.24) is 19.4 Å². The van der Waals surface area contributed by atoms with Gasteiger partial charge in [0.1, 0.15) is 0 Å². The fourth-order valence-electron chi connectivity index (χ4n) is 4.33. The Labute approximate surface area is 147 Å². The van der Waals surface area contributed by atoms with Crippen LogP contribution >= 0.6 is 0 Å². The van der Waals surface area contributed by atoms with Gasteiger partial charge in [0, 0.05) is 32.2 Å². The number of imidazole rings is 1. The van der Waals surface area contributed by atoms with Crippen LogP contribution in [0.3, 0.4) is 0 Å². The van der Waals surface area contributed by atoms with Crippen LogP contribution in [0.25, 0.3) is 11.0 Å². The van der Waals surface area contributed by atoms with Gasteiger partial charge >= 0.3 is 5.69 Å². The minimum atomic E-state index is -0.0567. The largest absolute Gasteiger partial charge is 0.341 e. The number of hydrogen-bond acceptors (Lipinski definition) is 3. The Bertz CT molecular complexity index is 810. The monoisotopic (exact) mass is 342 g/mol. The first-order valence-electron chi connectivity index (χ1n) is 9.37. The molecular formula is C19H26N4O2. The van der Waals surface area contributed by atoms with Crippen LogP contribution in [0.4, 0.5) is 0 Å². The van der Waals surface area contributed by atoms with Gasteiger partial charge in [0.25, 0.3) is 0 Å². The standard InChI is InChI=1S/C19H26N4O2/c1-14(18(24)22-10-4-5-11-22)21-12-8-15(9-13-21)23-17-7-3-2-6-16(17)20-19(23)25/h2-3,6-7,14-15H,4-5,8-13H2,1H3,(H,20,25)/t14-/m0/s1. The van der Waals surface area contributed by atoms with Gasteiger partial charge in [-0.25, -0.2) is 4.79 Å². The smallest absolute Gasteiger partial charge is 0.326 e. The fraction of sp³-hybridized carbons (Fsp3) is 0.579. The van der Waals surface area contributed by atoms with Gasteiger partial charge < -0.3 is 9.88 Å². The number of hydrogen-bond donors (Lipinski definition) is 1. The molecule has 0 spiro atoms. The summed E-state index contributed by atoms with van der Waals surface area (Å²) >= 11 is 0. The summed E-state index contributed by atoms with van der Waals surface area (Å²) in [5.41, 5.74) is 1.85. The van der Waals surface area contributed by atoms with Gasteiger partial charge in [-0.15, -0.1) is 0 Å². The summed E-state index contributed by atoms with van der Waals surface area (Å²) in [5, 5.41) is 0. The summed E-state index contributed by atoms with van der Waals surface area (Å²) < 4.78 is 1.90. The van der Waals surface area contributed by atoms with Crippen molar-refractivity contribution in [3.05, 3.63) is 34.7 Å². The second kappa shape index (κ2) is 6.67. The molecule has 1 N–H and O–H groups in total. The van der Waals surface area contributed by atoms with E-state index in [-0.39, 0.29) is 23.7 Å². The molecule has 1 aromatic carbocycles. The predicted molar refractivity (Wildman–Crippen MR) is 97.7 cm³/mol. The van der Waals surface area contributed by atoms with E-state index in [1.54, 1.807) is 0 Å².